The zero-order valence-corrected chi connectivity index (χ0v) is 12.9. The number of Topliss-reactive ketones (excluding diaryl/α,β-unsaturated/α-hetero) is 1. The number of hydrogen-bond donors (Lipinski definition) is 0. The molecule has 20 heavy (non-hydrogen) atoms. The highest BCUT2D eigenvalue weighted by molar-refractivity contribution is 6.40. The molecule has 0 heterocycles. The summed E-state index contributed by atoms with van der Waals surface area (Å²) in [6.45, 7) is 3.88. The van der Waals surface area contributed by atoms with Gasteiger partial charge in [-0.1, -0.05) is 48.5 Å². The van der Waals surface area contributed by atoms with Crippen LogP contribution in [0.5, 0.6) is 0 Å². The van der Waals surface area contributed by atoms with Gasteiger partial charge in [0.15, 0.2) is 5.78 Å². The largest absolute Gasteiger partial charge is 0.296 e. The lowest BCUT2D eigenvalue weighted by molar-refractivity contribution is -0.118. The number of benzene rings is 2. The minimum absolute atomic E-state index is 0.183. The van der Waals surface area contributed by atoms with Crippen molar-refractivity contribution in [3.05, 3.63) is 70.8 Å². The van der Waals surface area contributed by atoms with E-state index in [1.807, 2.05) is 62.4 Å². The Morgan fingerprint density at radius 3 is 1.50 bits per heavy atom. The number of ketones is 1. The fraction of sp³-hybridized carbons (Fsp3) is 0.235. The maximum Gasteiger partial charge on any atom is 0.177 e. The molecule has 2 atom stereocenters. The van der Waals surface area contributed by atoms with Crippen molar-refractivity contribution in [2.75, 3.05) is 0 Å². The van der Waals surface area contributed by atoms with E-state index >= 15 is 0 Å². The van der Waals surface area contributed by atoms with Crippen LogP contribution >= 0.6 is 23.2 Å². The molecule has 1 nitrogen and oxygen atoms in total. The van der Waals surface area contributed by atoms with Crippen LogP contribution in [-0.4, -0.2) is 5.78 Å². The van der Waals surface area contributed by atoms with Crippen molar-refractivity contribution in [1.29, 1.82) is 0 Å². The van der Waals surface area contributed by atoms with Crippen LogP contribution in [0.25, 0.3) is 0 Å². The van der Waals surface area contributed by atoms with Crippen LogP contribution in [0.2, 0.25) is 0 Å². The Bertz CT molecular complexity index is 568. The van der Waals surface area contributed by atoms with Crippen LogP contribution < -0.4 is 0 Å². The summed E-state index contributed by atoms with van der Waals surface area (Å²) in [6, 6.07) is 15.2. The maximum atomic E-state index is 12.5. The molecule has 0 N–H and O–H groups in total. The molecule has 0 aromatic heterocycles. The Hall–Kier alpha value is -1.31. The number of aryl methyl sites for hydroxylation is 2. The summed E-state index contributed by atoms with van der Waals surface area (Å²) in [6.07, 6.45) is 0. The predicted octanol–water partition coefficient (Wildman–Crippen LogP) is 5.13. The molecule has 0 radical (unpaired) electrons. The van der Waals surface area contributed by atoms with E-state index in [1.165, 1.54) is 0 Å². The molecule has 0 aliphatic carbocycles. The van der Waals surface area contributed by atoms with Gasteiger partial charge in [0.2, 0.25) is 0 Å². The number of alkyl halides is 2. The lowest BCUT2D eigenvalue weighted by Crippen LogP contribution is -2.15. The van der Waals surface area contributed by atoms with E-state index in [4.69, 9.17) is 23.2 Å². The Labute approximate surface area is 129 Å². The summed E-state index contributed by atoms with van der Waals surface area (Å²) >= 11 is 12.7. The van der Waals surface area contributed by atoms with Crippen molar-refractivity contribution < 1.29 is 4.79 Å². The van der Waals surface area contributed by atoms with Gasteiger partial charge in [0, 0.05) is 0 Å². The van der Waals surface area contributed by atoms with Gasteiger partial charge in [0.25, 0.3) is 0 Å². The quantitative estimate of drug-likeness (QED) is 0.715. The molecule has 0 aliphatic rings. The number of hydrogen-bond acceptors (Lipinski definition) is 1. The van der Waals surface area contributed by atoms with E-state index in [-0.39, 0.29) is 5.78 Å². The summed E-state index contributed by atoms with van der Waals surface area (Å²) in [4.78, 5) is 12.5. The molecule has 0 aliphatic heterocycles. The first-order valence-electron chi connectivity index (χ1n) is 6.45. The van der Waals surface area contributed by atoms with Gasteiger partial charge in [-0.2, -0.15) is 0 Å². The predicted molar refractivity (Wildman–Crippen MR) is 84.6 cm³/mol. The fourth-order valence-corrected chi connectivity index (χ4v) is 2.98. The molecule has 0 bridgehead atoms. The first kappa shape index (κ1) is 15.1. The van der Waals surface area contributed by atoms with E-state index < -0.39 is 10.8 Å². The molecule has 0 saturated carbocycles. The molecule has 0 spiro atoms. The number of carbonyl (C=O) groups is 1. The van der Waals surface area contributed by atoms with Crippen molar-refractivity contribution in [2.45, 2.75) is 24.6 Å². The SMILES string of the molecule is Cc1ccccc1C(Cl)C(=O)C(Cl)c1ccccc1C. The molecule has 2 rings (SSSR count). The van der Waals surface area contributed by atoms with Gasteiger partial charge in [-0.3, -0.25) is 4.79 Å². The van der Waals surface area contributed by atoms with Gasteiger partial charge in [0.05, 0.1) is 0 Å². The van der Waals surface area contributed by atoms with Crippen LogP contribution in [0, 0.1) is 13.8 Å². The van der Waals surface area contributed by atoms with Crippen LogP contribution in [-0.2, 0) is 4.79 Å². The zero-order chi connectivity index (χ0) is 14.7. The fourth-order valence-electron chi connectivity index (χ4n) is 2.18. The molecule has 2 aromatic carbocycles. The van der Waals surface area contributed by atoms with Gasteiger partial charge in [0.1, 0.15) is 10.8 Å². The third kappa shape index (κ3) is 3.05. The Morgan fingerprint density at radius 2 is 1.15 bits per heavy atom. The van der Waals surface area contributed by atoms with E-state index in [2.05, 4.69) is 0 Å². The molecule has 0 amide bonds. The standard InChI is InChI=1S/C17H16Cl2O/c1-11-7-3-5-9-13(11)15(18)17(20)16(19)14-10-6-4-8-12(14)2/h3-10,15-16H,1-2H3. The third-order valence-corrected chi connectivity index (χ3v) is 4.32. The maximum absolute atomic E-state index is 12.5. The minimum atomic E-state index is -0.724. The second-order valence-corrected chi connectivity index (χ2v) is 5.71. The summed E-state index contributed by atoms with van der Waals surface area (Å²) < 4.78 is 0. The van der Waals surface area contributed by atoms with Gasteiger partial charge in [-0.25, -0.2) is 0 Å². The molecular weight excluding hydrogens is 291 g/mol. The molecule has 3 heteroatoms. The first-order chi connectivity index (χ1) is 9.52. The Morgan fingerprint density at radius 1 is 0.800 bits per heavy atom. The monoisotopic (exact) mass is 306 g/mol. The molecule has 0 fully saturated rings. The Balaban J connectivity index is 2.28. The van der Waals surface area contributed by atoms with Gasteiger partial charge < -0.3 is 0 Å². The minimum Gasteiger partial charge on any atom is -0.296 e. The van der Waals surface area contributed by atoms with Crippen molar-refractivity contribution in [3.8, 4) is 0 Å². The van der Waals surface area contributed by atoms with Crippen LogP contribution in [0.3, 0.4) is 0 Å². The van der Waals surface area contributed by atoms with Crippen molar-refractivity contribution >= 4 is 29.0 Å². The normalized spacial score (nSPS) is 13.8. The van der Waals surface area contributed by atoms with Gasteiger partial charge in [-0.15, -0.1) is 23.2 Å². The van der Waals surface area contributed by atoms with Crippen molar-refractivity contribution in [2.24, 2.45) is 0 Å². The number of carbonyl (C=O) groups excluding carboxylic acids is 1. The highest BCUT2D eigenvalue weighted by Crippen LogP contribution is 2.34. The van der Waals surface area contributed by atoms with Gasteiger partial charge >= 0.3 is 0 Å². The second kappa shape index (κ2) is 6.43. The van der Waals surface area contributed by atoms with E-state index in [9.17, 15) is 4.79 Å². The second-order valence-electron chi connectivity index (χ2n) is 4.84. The molecule has 104 valence electrons. The van der Waals surface area contributed by atoms with E-state index in [1.54, 1.807) is 0 Å². The molecule has 2 unspecified atom stereocenters. The van der Waals surface area contributed by atoms with Crippen LogP contribution in [0.15, 0.2) is 48.5 Å². The van der Waals surface area contributed by atoms with Crippen LogP contribution in [0.4, 0.5) is 0 Å². The van der Waals surface area contributed by atoms with Gasteiger partial charge in [-0.05, 0) is 36.1 Å². The number of rotatable bonds is 4. The topological polar surface area (TPSA) is 17.1 Å². The van der Waals surface area contributed by atoms with E-state index in [0.717, 1.165) is 22.3 Å². The zero-order valence-electron chi connectivity index (χ0n) is 11.4. The molecule has 0 saturated heterocycles. The average Bonchev–Trinajstić information content (AvgIpc) is 2.46. The summed E-state index contributed by atoms with van der Waals surface area (Å²) in [5.74, 6) is -0.183. The van der Waals surface area contributed by atoms with Crippen molar-refractivity contribution in [1.82, 2.24) is 0 Å². The van der Waals surface area contributed by atoms with E-state index in [0.29, 0.717) is 0 Å². The smallest absolute Gasteiger partial charge is 0.177 e. The molecule has 2 aromatic rings. The summed E-state index contributed by atoms with van der Waals surface area (Å²) in [5.41, 5.74) is 3.63. The Kier molecular flexibility index (Phi) is 4.85. The van der Waals surface area contributed by atoms with Crippen LogP contribution in [0.1, 0.15) is 33.0 Å². The summed E-state index contributed by atoms with van der Waals surface area (Å²) in [5, 5.41) is -1.45. The van der Waals surface area contributed by atoms with Crippen molar-refractivity contribution in [3.63, 3.8) is 0 Å². The number of halogens is 2. The third-order valence-electron chi connectivity index (χ3n) is 3.42. The lowest BCUT2D eigenvalue weighted by Gasteiger charge is -2.17. The first-order valence-corrected chi connectivity index (χ1v) is 7.32. The summed E-state index contributed by atoms with van der Waals surface area (Å²) in [7, 11) is 0. The lowest BCUT2D eigenvalue weighted by atomic mass is 9.96. The highest BCUT2D eigenvalue weighted by atomic mass is 35.5. The average molecular weight is 307 g/mol. The molecular formula is C17H16Cl2O. The highest BCUT2D eigenvalue weighted by Gasteiger charge is 2.27.